The van der Waals surface area contributed by atoms with Crippen LogP contribution in [0.3, 0.4) is 0 Å². The van der Waals surface area contributed by atoms with Crippen LogP contribution in [0.1, 0.15) is 20.3 Å². The number of carbonyl (C=O) groups is 1. The molecule has 92 valence electrons. The van der Waals surface area contributed by atoms with Gasteiger partial charge in [0, 0.05) is 0 Å². The second-order valence-corrected chi connectivity index (χ2v) is 3.74. The van der Waals surface area contributed by atoms with E-state index in [-0.39, 0.29) is 25.7 Å². The van der Waals surface area contributed by atoms with E-state index in [1.807, 2.05) is 6.92 Å². The Morgan fingerprint density at radius 1 is 1.50 bits per heavy atom. The van der Waals surface area contributed by atoms with Gasteiger partial charge in [-0.05, 0) is 13.3 Å². The topological polar surface area (TPSA) is 81.6 Å². The van der Waals surface area contributed by atoms with Crippen LogP contribution in [0.5, 0.6) is 0 Å². The van der Waals surface area contributed by atoms with E-state index in [1.165, 1.54) is 0 Å². The average Bonchev–Trinajstić information content (AvgIpc) is 2.32. The van der Waals surface area contributed by atoms with Crippen molar-refractivity contribution >= 4 is 5.91 Å². The van der Waals surface area contributed by atoms with Gasteiger partial charge < -0.3 is 15.5 Å². The lowest BCUT2D eigenvalue weighted by Crippen LogP contribution is -2.58. The number of aliphatic hydroxyl groups excluding tert-OH is 2. The molecule has 1 unspecified atom stereocenters. The number of hydrogen-bond acceptors (Lipinski definition) is 4. The predicted octanol–water partition coefficient (Wildman–Crippen LogP) is -1.15. The lowest BCUT2D eigenvalue weighted by Gasteiger charge is -2.32. The van der Waals surface area contributed by atoms with Gasteiger partial charge >= 0.3 is 0 Å². The molecule has 5 nitrogen and oxygen atoms in total. The Morgan fingerprint density at radius 2 is 2.06 bits per heavy atom. The highest BCUT2D eigenvalue weighted by atomic mass is 16.3. The summed E-state index contributed by atoms with van der Waals surface area (Å²) >= 11 is 0. The van der Waals surface area contributed by atoms with E-state index in [1.54, 1.807) is 6.92 Å². The molecule has 0 fully saturated rings. The first-order valence-corrected chi connectivity index (χ1v) is 5.25. The van der Waals surface area contributed by atoms with Crippen LogP contribution in [0.25, 0.3) is 0 Å². The Morgan fingerprint density at radius 3 is 2.44 bits per heavy atom. The largest absolute Gasteiger partial charge is 0.394 e. The van der Waals surface area contributed by atoms with Crippen molar-refractivity contribution in [3.63, 3.8) is 0 Å². The van der Waals surface area contributed by atoms with Crippen molar-refractivity contribution < 1.29 is 15.0 Å². The molecule has 16 heavy (non-hydrogen) atoms. The van der Waals surface area contributed by atoms with Crippen molar-refractivity contribution in [3.8, 4) is 12.3 Å². The number of hydrogen-bond donors (Lipinski definition) is 4. The first-order valence-electron chi connectivity index (χ1n) is 5.25. The molecule has 0 aliphatic carbocycles. The van der Waals surface area contributed by atoms with Gasteiger partial charge in [0.25, 0.3) is 0 Å². The molecule has 0 saturated heterocycles. The summed E-state index contributed by atoms with van der Waals surface area (Å²) < 4.78 is 0. The maximum absolute atomic E-state index is 11.5. The third-order valence-electron chi connectivity index (χ3n) is 2.56. The molecule has 0 aromatic rings. The molecule has 0 rings (SSSR count). The SMILES string of the molecule is C#CCNC(=O)C(C)NC(CC)(CO)CO. The fourth-order valence-electron chi connectivity index (χ4n) is 1.28. The summed E-state index contributed by atoms with van der Waals surface area (Å²) in [5.41, 5.74) is -0.826. The molecule has 5 heteroatoms. The van der Waals surface area contributed by atoms with E-state index in [9.17, 15) is 15.0 Å². The average molecular weight is 228 g/mol. The van der Waals surface area contributed by atoms with Crippen LogP contribution in [0.4, 0.5) is 0 Å². The number of amides is 1. The highest BCUT2D eigenvalue weighted by Gasteiger charge is 2.29. The molecule has 0 saturated carbocycles. The molecule has 0 radical (unpaired) electrons. The maximum atomic E-state index is 11.5. The third-order valence-corrected chi connectivity index (χ3v) is 2.56. The van der Waals surface area contributed by atoms with Crippen molar-refractivity contribution in [2.75, 3.05) is 19.8 Å². The van der Waals surface area contributed by atoms with Gasteiger partial charge in [-0.2, -0.15) is 0 Å². The molecule has 1 amide bonds. The lowest BCUT2D eigenvalue weighted by atomic mass is 9.97. The molecule has 0 aliphatic heterocycles. The van der Waals surface area contributed by atoms with E-state index < -0.39 is 11.6 Å². The molecule has 4 N–H and O–H groups in total. The van der Waals surface area contributed by atoms with Crippen LogP contribution in [-0.2, 0) is 4.79 Å². The van der Waals surface area contributed by atoms with E-state index in [2.05, 4.69) is 16.6 Å². The Bertz CT molecular complexity index is 248. The van der Waals surface area contributed by atoms with Gasteiger partial charge in [-0.1, -0.05) is 12.8 Å². The van der Waals surface area contributed by atoms with Crippen molar-refractivity contribution in [2.24, 2.45) is 0 Å². The summed E-state index contributed by atoms with van der Waals surface area (Å²) in [7, 11) is 0. The van der Waals surface area contributed by atoms with Gasteiger partial charge in [0.15, 0.2) is 0 Å². The van der Waals surface area contributed by atoms with Gasteiger partial charge in [-0.15, -0.1) is 6.42 Å². The summed E-state index contributed by atoms with van der Waals surface area (Å²) in [5, 5.41) is 23.8. The Balaban J connectivity index is 4.35. The van der Waals surface area contributed by atoms with Crippen molar-refractivity contribution in [3.05, 3.63) is 0 Å². The second-order valence-electron chi connectivity index (χ2n) is 3.74. The summed E-state index contributed by atoms with van der Waals surface area (Å²) in [6.45, 7) is 3.19. The second kappa shape index (κ2) is 7.23. The quantitative estimate of drug-likeness (QED) is 0.415. The van der Waals surface area contributed by atoms with Gasteiger partial charge in [0.05, 0.1) is 31.3 Å². The Hall–Kier alpha value is -1.09. The van der Waals surface area contributed by atoms with E-state index in [0.717, 1.165) is 0 Å². The monoisotopic (exact) mass is 228 g/mol. The summed E-state index contributed by atoms with van der Waals surface area (Å²) in [6, 6.07) is -0.521. The normalized spacial score (nSPS) is 12.9. The molecule has 0 aromatic heterocycles. The summed E-state index contributed by atoms with van der Waals surface area (Å²) in [5.74, 6) is 2.05. The molecular formula is C11H20N2O3. The first-order chi connectivity index (χ1) is 7.55. The van der Waals surface area contributed by atoms with Crippen LogP contribution in [0.2, 0.25) is 0 Å². The zero-order chi connectivity index (χ0) is 12.6. The molecule has 0 spiro atoms. The maximum Gasteiger partial charge on any atom is 0.237 e. The predicted molar refractivity (Wildman–Crippen MR) is 61.6 cm³/mol. The first kappa shape index (κ1) is 14.9. The van der Waals surface area contributed by atoms with Gasteiger partial charge in [-0.25, -0.2) is 0 Å². The highest BCUT2D eigenvalue weighted by Crippen LogP contribution is 2.09. The van der Waals surface area contributed by atoms with Gasteiger partial charge in [-0.3, -0.25) is 10.1 Å². The van der Waals surface area contributed by atoms with Gasteiger partial charge in [0.1, 0.15) is 0 Å². The highest BCUT2D eigenvalue weighted by molar-refractivity contribution is 5.81. The van der Waals surface area contributed by atoms with E-state index >= 15 is 0 Å². The molecule has 0 aromatic carbocycles. The lowest BCUT2D eigenvalue weighted by molar-refractivity contribution is -0.123. The molecule has 0 heterocycles. The molecule has 0 bridgehead atoms. The molecule has 0 aliphatic rings. The third kappa shape index (κ3) is 4.19. The van der Waals surface area contributed by atoms with E-state index in [4.69, 9.17) is 6.42 Å². The molecule has 1 atom stereocenters. The zero-order valence-corrected chi connectivity index (χ0v) is 9.79. The zero-order valence-electron chi connectivity index (χ0n) is 9.79. The Kier molecular flexibility index (Phi) is 6.74. The minimum absolute atomic E-state index is 0.169. The van der Waals surface area contributed by atoms with Crippen LogP contribution < -0.4 is 10.6 Å². The van der Waals surface area contributed by atoms with Crippen molar-refractivity contribution in [1.29, 1.82) is 0 Å². The Labute approximate surface area is 96.2 Å². The number of aliphatic hydroxyl groups is 2. The number of nitrogens with one attached hydrogen (secondary N) is 2. The van der Waals surface area contributed by atoms with Crippen LogP contribution in [-0.4, -0.2) is 47.5 Å². The minimum atomic E-state index is -0.826. The van der Waals surface area contributed by atoms with Crippen LogP contribution in [0, 0.1) is 12.3 Å². The summed E-state index contributed by atoms with van der Waals surface area (Å²) in [6.07, 6.45) is 5.54. The molecular weight excluding hydrogens is 208 g/mol. The number of terminal acetylenes is 1. The van der Waals surface area contributed by atoms with Gasteiger partial charge in [0.2, 0.25) is 5.91 Å². The fraction of sp³-hybridized carbons (Fsp3) is 0.727. The minimum Gasteiger partial charge on any atom is -0.394 e. The standard InChI is InChI=1S/C11H20N2O3/c1-4-6-12-10(16)9(3)13-11(5-2,7-14)8-15/h1,9,13-15H,5-8H2,2-3H3,(H,12,16). The smallest absolute Gasteiger partial charge is 0.237 e. The van der Waals surface area contributed by atoms with Crippen LogP contribution >= 0.6 is 0 Å². The van der Waals surface area contributed by atoms with Crippen molar-refractivity contribution in [2.45, 2.75) is 31.8 Å². The number of rotatable bonds is 7. The number of carbonyl (C=O) groups excluding carboxylic acids is 1. The van der Waals surface area contributed by atoms with Crippen LogP contribution in [0.15, 0.2) is 0 Å². The fourth-order valence-corrected chi connectivity index (χ4v) is 1.28. The van der Waals surface area contributed by atoms with Crippen molar-refractivity contribution in [1.82, 2.24) is 10.6 Å². The summed E-state index contributed by atoms with van der Waals surface area (Å²) in [4.78, 5) is 11.5. The van der Waals surface area contributed by atoms with E-state index in [0.29, 0.717) is 6.42 Å².